The molecule has 0 amide bonds. The van der Waals surface area contributed by atoms with E-state index in [9.17, 15) is 0 Å². The summed E-state index contributed by atoms with van der Waals surface area (Å²) in [4.78, 5) is 0. The highest BCUT2D eigenvalue weighted by Crippen LogP contribution is 2.36. The Balaban J connectivity index is 2.89. The van der Waals surface area contributed by atoms with Crippen molar-refractivity contribution in [3.05, 3.63) is 22.2 Å². The zero-order chi connectivity index (χ0) is 13.5. The lowest BCUT2D eigenvalue weighted by molar-refractivity contribution is 0.0703. The Morgan fingerprint density at radius 3 is 2.61 bits per heavy atom. The summed E-state index contributed by atoms with van der Waals surface area (Å²) in [5, 5.41) is 0. The van der Waals surface area contributed by atoms with Gasteiger partial charge in [0.15, 0.2) is 11.5 Å². The summed E-state index contributed by atoms with van der Waals surface area (Å²) in [7, 11) is 3.28. The minimum atomic E-state index is 0.0327. The number of methoxy groups -OCH3 is 2. The third kappa shape index (κ3) is 4.15. The summed E-state index contributed by atoms with van der Waals surface area (Å²) in [5.74, 6) is 1.40. The largest absolute Gasteiger partial charge is 0.493 e. The molecule has 1 atom stereocenters. The molecular weight excluding hydrogens is 298 g/mol. The van der Waals surface area contributed by atoms with Crippen LogP contribution >= 0.6 is 15.9 Å². The van der Waals surface area contributed by atoms with Crippen LogP contribution in [0.2, 0.25) is 0 Å². The van der Waals surface area contributed by atoms with E-state index in [1.165, 1.54) is 0 Å². The van der Waals surface area contributed by atoms with Crippen molar-refractivity contribution in [2.45, 2.75) is 19.4 Å². The van der Waals surface area contributed by atoms with Crippen molar-refractivity contribution in [2.75, 3.05) is 27.4 Å². The van der Waals surface area contributed by atoms with E-state index in [0.717, 1.165) is 16.5 Å². The van der Waals surface area contributed by atoms with Gasteiger partial charge in [0, 0.05) is 7.11 Å². The average molecular weight is 318 g/mol. The minimum Gasteiger partial charge on any atom is -0.493 e. The van der Waals surface area contributed by atoms with E-state index in [0.29, 0.717) is 24.7 Å². The van der Waals surface area contributed by atoms with Gasteiger partial charge in [-0.3, -0.25) is 0 Å². The maximum atomic E-state index is 5.72. The first-order valence-corrected chi connectivity index (χ1v) is 6.63. The third-order valence-corrected chi connectivity index (χ3v) is 3.18. The molecule has 18 heavy (non-hydrogen) atoms. The molecule has 0 aliphatic rings. The van der Waals surface area contributed by atoms with Gasteiger partial charge < -0.3 is 19.9 Å². The van der Waals surface area contributed by atoms with E-state index in [1.807, 2.05) is 19.1 Å². The molecule has 0 spiro atoms. The normalized spacial score (nSPS) is 12.3. The lowest BCUT2D eigenvalue weighted by Crippen LogP contribution is -2.16. The maximum Gasteiger partial charge on any atom is 0.175 e. The van der Waals surface area contributed by atoms with E-state index >= 15 is 0 Å². The molecule has 0 saturated carbocycles. The lowest BCUT2D eigenvalue weighted by Gasteiger charge is -2.16. The number of ether oxygens (including phenoxy) is 3. The van der Waals surface area contributed by atoms with E-state index in [4.69, 9.17) is 19.9 Å². The van der Waals surface area contributed by atoms with Crippen LogP contribution in [0.1, 0.15) is 12.5 Å². The maximum absolute atomic E-state index is 5.72. The highest BCUT2D eigenvalue weighted by Gasteiger charge is 2.12. The number of nitrogens with two attached hydrogens (primary N) is 1. The van der Waals surface area contributed by atoms with Gasteiger partial charge >= 0.3 is 0 Å². The number of hydrogen-bond acceptors (Lipinski definition) is 4. The number of benzene rings is 1. The Morgan fingerprint density at radius 2 is 2.06 bits per heavy atom. The standard InChI is InChI=1S/C13H20BrNO3/c1-9(16-2)8-18-13-11(14)6-10(4-5-15)7-12(13)17-3/h6-7,9H,4-5,8,15H2,1-3H3. The van der Waals surface area contributed by atoms with Crippen LogP contribution in [-0.2, 0) is 11.2 Å². The van der Waals surface area contributed by atoms with Crippen LogP contribution < -0.4 is 15.2 Å². The second kappa shape index (κ2) is 7.61. The van der Waals surface area contributed by atoms with Crippen molar-refractivity contribution in [1.82, 2.24) is 0 Å². The molecule has 0 aromatic heterocycles. The number of hydrogen-bond donors (Lipinski definition) is 1. The molecule has 4 nitrogen and oxygen atoms in total. The Morgan fingerprint density at radius 1 is 1.33 bits per heavy atom. The average Bonchev–Trinajstić information content (AvgIpc) is 2.36. The molecule has 0 fully saturated rings. The monoisotopic (exact) mass is 317 g/mol. The molecule has 1 unspecified atom stereocenters. The molecule has 5 heteroatoms. The van der Waals surface area contributed by atoms with E-state index in [1.54, 1.807) is 14.2 Å². The molecule has 0 heterocycles. The quantitative estimate of drug-likeness (QED) is 0.839. The van der Waals surface area contributed by atoms with Crippen LogP contribution in [0.15, 0.2) is 16.6 Å². The van der Waals surface area contributed by atoms with Crippen LogP contribution in [0.3, 0.4) is 0 Å². The molecule has 1 aromatic carbocycles. The number of rotatable bonds is 7. The van der Waals surface area contributed by atoms with Gasteiger partial charge in [0.25, 0.3) is 0 Å². The molecule has 1 rings (SSSR count). The van der Waals surface area contributed by atoms with Crippen molar-refractivity contribution in [1.29, 1.82) is 0 Å². The van der Waals surface area contributed by atoms with Crippen molar-refractivity contribution in [3.63, 3.8) is 0 Å². The fourth-order valence-electron chi connectivity index (χ4n) is 1.49. The second-order valence-electron chi connectivity index (χ2n) is 4.01. The summed E-state index contributed by atoms with van der Waals surface area (Å²) in [6, 6.07) is 3.95. The fourth-order valence-corrected chi connectivity index (χ4v) is 2.10. The van der Waals surface area contributed by atoms with Gasteiger partial charge in [-0.1, -0.05) is 0 Å². The smallest absolute Gasteiger partial charge is 0.175 e. The van der Waals surface area contributed by atoms with Gasteiger partial charge in [0.2, 0.25) is 0 Å². The van der Waals surface area contributed by atoms with Crippen molar-refractivity contribution in [3.8, 4) is 11.5 Å². The van der Waals surface area contributed by atoms with Gasteiger partial charge in [-0.05, 0) is 53.5 Å². The lowest BCUT2D eigenvalue weighted by atomic mass is 10.1. The van der Waals surface area contributed by atoms with Crippen molar-refractivity contribution < 1.29 is 14.2 Å². The van der Waals surface area contributed by atoms with Gasteiger partial charge in [0.05, 0.1) is 17.7 Å². The Bertz CT molecular complexity index is 385. The van der Waals surface area contributed by atoms with E-state index in [-0.39, 0.29) is 6.10 Å². The van der Waals surface area contributed by atoms with E-state index < -0.39 is 0 Å². The predicted octanol–water partition coefficient (Wildman–Crippen LogP) is 2.37. The van der Waals surface area contributed by atoms with Crippen LogP contribution in [0, 0.1) is 0 Å². The molecule has 1 aromatic rings. The minimum absolute atomic E-state index is 0.0327. The van der Waals surface area contributed by atoms with Crippen molar-refractivity contribution in [2.24, 2.45) is 5.73 Å². The zero-order valence-electron chi connectivity index (χ0n) is 11.0. The van der Waals surface area contributed by atoms with Crippen LogP contribution in [-0.4, -0.2) is 33.5 Å². The zero-order valence-corrected chi connectivity index (χ0v) is 12.6. The van der Waals surface area contributed by atoms with Crippen LogP contribution in [0.4, 0.5) is 0 Å². The Hall–Kier alpha value is -0.780. The molecule has 102 valence electrons. The SMILES string of the molecule is COc1cc(CCN)cc(Br)c1OCC(C)OC. The topological polar surface area (TPSA) is 53.7 Å². The third-order valence-electron chi connectivity index (χ3n) is 2.59. The first kappa shape index (κ1) is 15.3. The highest BCUT2D eigenvalue weighted by molar-refractivity contribution is 9.10. The second-order valence-corrected chi connectivity index (χ2v) is 4.86. The molecule has 0 bridgehead atoms. The molecule has 2 N–H and O–H groups in total. The van der Waals surface area contributed by atoms with Crippen LogP contribution in [0.25, 0.3) is 0 Å². The predicted molar refractivity (Wildman–Crippen MR) is 75.4 cm³/mol. The highest BCUT2D eigenvalue weighted by atomic mass is 79.9. The van der Waals surface area contributed by atoms with Gasteiger partial charge in [-0.15, -0.1) is 0 Å². The summed E-state index contributed by atoms with van der Waals surface area (Å²) in [6.45, 7) is 3.03. The van der Waals surface area contributed by atoms with E-state index in [2.05, 4.69) is 15.9 Å². The number of halogens is 1. The molecule has 0 aliphatic carbocycles. The fraction of sp³-hybridized carbons (Fsp3) is 0.538. The summed E-state index contributed by atoms with van der Waals surface area (Å²) in [6.07, 6.45) is 0.842. The molecular formula is C13H20BrNO3. The Kier molecular flexibility index (Phi) is 6.46. The first-order chi connectivity index (χ1) is 8.62. The van der Waals surface area contributed by atoms with Crippen LogP contribution in [0.5, 0.6) is 11.5 Å². The Labute approximate surface area is 117 Å². The molecule has 0 aliphatic heterocycles. The van der Waals surface area contributed by atoms with Gasteiger partial charge in [-0.25, -0.2) is 0 Å². The first-order valence-electron chi connectivity index (χ1n) is 5.84. The van der Waals surface area contributed by atoms with Gasteiger partial charge in [-0.2, -0.15) is 0 Å². The molecule has 0 saturated heterocycles. The summed E-state index contributed by atoms with van der Waals surface area (Å²) in [5.41, 5.74) is 6.67. The summed E-state index contributed by atoms with van der Waals surface area (Å²) < 4.78 is 17.1. The summed E-state index contributed by atoms with van der Waals surface area (Å²) >= 11 is 3.49. The van der Waals surface area contributed by atoms with Crippen molar-refractivity contribution >= 4 is 15.9 Å². The van der Waals surface area contributed by atoms with Gasteiger partial charge in [0.1, 0.15) is 6.61 Å². The molecule has 0 radical (unpaired) electrons.